The Morgan fingerprint density at radius 3 is 2.41 bits per heavy atom. The van der Waals surface area contributed by atoms with Gasteiger partial charge in [-0.3, -0.25) is 14.5 Å². The summed E-state index contributed by atoms with van der Waals surface area (Å²) < 4.78 is 38.4. The van der Waals surface area contributed by atoms with E-state index in [9.17, 15) is 18.4 Å². The summed E-state index contributed by atoms with van der Waals surface area (Å²) in [5, 5.41) is 6.07. The molecule has 0 N–H and O–H groups in total. The fourth-order valence-corrected chi connectivity index (χ4v) is 5.02. The maximum Gasteiger partial charge on any atom is 0.262 e. The van der Waals surface area contributed by atoms with E-state index in [1.807, 2.05) is 24.3 Å². The van der Waals surface area contributed by atoms with Crippen molar-refractivity contribution in [2.75, 3.05) is 53.0 Å². The third-order valence-corrected chi connectivity index (χ3v) is 7.32. The number of rotatable bonds is 9. The summed E-state index contributed by atoms with van der Waals surface area (Å²) in [4.78, 5) is 31.0. The Balaban J connectivity index is 1.41. The fraction of sp³-hybridized carbons (Fsp3) is 0.323. The second-order valence-electron chi connectivity index (χ2n) is 9.98. The van der Waals surface area contributed by atoms with Crippen molar-refractivity contribution in [2.45, 2.75) is 12.5 Å². The molecule has 2 aliphatic rings. The van der Waals surface area contributed by atoms with E-state index in [0.717, 1.165) is 24.2 Å². The summed E-state index contributed by atoms with van der Waals surface area (Å²) in [7, 11) is 1.59. The van der Waals surface area contributed by atoms with Gasteiger partial charge < -0.3 is 14.4 Å². The van der Waals surface area contributed by atoms with Crippen molar-refractivity contribution in [3.8, 4) is 5.75 Å². The Hall–Kier alpha value is -4.15. The van der Waals surface area contributed by atoms with Gasteiger partial charge in [0.25, 0.3) is 11.8 Å². The fourth-order valence-electron chi connectivity index (χ4n) is 5.02. The lowest BCUT2D eigenvalue weighted by molar-refractivity contribution is -0.133. The number of hydrazone groups is 1. The van der Waals surface area contributed by atoms with Gasteiger partial charge in [-0.1, -0.05) is 18.2 Å². The summed E-state index contributed by atoms with van der Waals surface area (Å²) in [6.45, 7) is 3.22. The molecule has 5 rings (SSSR count). The number of amides is 2. The molecule has 1 fully saturated rings. The van der Waals surface area contributed by atoms with Gasteiger partial charge in [0.2, 0.25) is 0 Å². The van der Waals surface area contributed by atoms with E-state index < -0.39 is 23.7 Å². The van der Waals surface area contributed by atoms with E-state index in [0.29, 0.717) is 37.6 Å². The Morgan fingerprint density at radius 1 is 1.00 bits per heavy atom. The van der Waals surface area contributed by atoms with Crippen molar-refractivity contribution in [1.29, 1.82) is 0 Å². The minimum Gasteiger partial charge on any atom is -0.497 e. The zero-order valence-electron chi connectivity index (χ0n) is 22.8. The second-order valence-corrected chi connectivity index (χ2v) is 9.98. The molecule has 10 heteroatoms. The van der Waals surface area contributed by atoms with Crippen molar-refractivity contribution in [3.63, 3.8) is 0 Å². The van der Waals surface area contributed by atoms with Crippen molar-refractivity contribution < 1.29 is 27.8 Å². The molecular formula is C31H32F2N4O4. The predicted octanol–water partition coefficient (Wildman–Crippen LogP) is 4.13. The van der Waals surface area contributed by atoms with Gasteiger partial charge in [-0.05, 0) is 65.7 Å². The normalized spacial score (nSPS) is 17.3. The molecule has 0 spiro atoms. The van der Waals surface area contributed by atoms with Crippen LogP contribution in [-0.2, 0) is 9.53 Å². The average molecular weight is 563 g/mol. The molecule has 2 amide bonds. The van der Waals surface area contributed by atoms with Crippen LogP contribution >= 0.6 is 0 Å². The highest BCUT2D eigenvalue weighted by molar-refractivity contribution is 6.03. The Labute approximate surface area is 237 Å². The number of hydrogen-bond acceptors (Lipinski definition) is 6. The van der Waals surface area contributed by atoms with Gasteiger partial charge in [0.15, 0.2) is 0 Å². The number of benzene rings is 3. The molecule has 214 valence electrons. The Kier molecular flexibility index (Phi) is 9.01. The van der Waals surface area contributed by atoms with Crippen LogP contribution in [0.5, 0.6) is 5.75 Å². The summed E-state index contributed by atoms with van der Waals surface area (Å²) in [5.41, 5.74) is 2.40. The van der Waals surface area contributed by atoms with Gasteiger partial charge in [0.05, 0.1) is 32.1 Å². The lowest BCUT2D eigenvalue weighted by Gasteiger charge is -2.31. The summed E-state index contributed by atoms with van der Waals surface area (Å²) in [6.07, 6.45) is 0.412. The number of nitrogens with zero attached hydrogens (tertiary/aromatic N) is 4. The van der Waals surface area contributed by atoms with Gasteiger partial charge in [-0.25, -0.2) is 13.8 Å². The molecule has 3 aromatic carbocycles. The average Bonchev–Trinajstić information content (AvgIpc) is 3.45. The number of ether oxygens (including phenoxy) is 2. The van der Waals surface area contributed by atoms with Gasteiger partial charge >= 0.3 is 0 Å². The quantitative estimate of drug-likeness (QED) is 0.392. The molecule has 8 nitrogen and oxygen atoms in total. The largest absolute Gasteiger partial charge is 0.497 e. The molecule has 1 atom stereocenters. The van der Waals surface area contributed by atoms with Crippen LogP contribution < -0.4 is 4.74 Å². The van der Waals surface area contributed by atoms with Crippen LogP contribution in [0.2, 0.25) is 0 Å². The first-order chi connectivity index (χ1) is 19.9. The Bertz CT molecular complexity index is 1390. The predicted molar refractivity (Wildman–Crippen MR) is 150 cm³/mol. The lowest BCUT2D eigenvalue weighted by Crippen LogP contribution is -2.46. The first-order valence-electron chi connectivity index (χ1n) is 13.6. The van der Waals surface area contributed by atoms with Gasteiger partial charge in [-0.15, -0.1) is 0 Å². The van der Waals surface area contributed by atoms with Crippen LogP contribution in [-0.4, -0.2) is 85.4 Å². The molecule has 0 saturated carbocycles. The number of carbonyl (C=O) groups excluding carboxylic acids is 2. The summed E-state index contributed by atoms with van der Waals surface area (Å²) >= 11 is 0. The molecule has 0 unspecified atom stereocenters. The molecule has 1 saturated heterocycles. The van der Waals surface area contributed by atoms with E-state index in [-0.39, 0.29) is 24.5 Å². The zero-order chi connectivity index (χ0) is 28.8. The first-order valence-corrected chi connectivity index (χ1v) is 13.6. The third kappa shape index (κ3) is 6.96. The number of carbonyl (C=O) groups is 2. The molecule has 2 heterocycles. The molecule has 0 radical (unpaired) electrons. The smallest absolute Gasteiger partial charge is 0.262 e. The minimum atomic E-state index is -0.528. The number of halogens is 2. The van der Waals surface area contributed by atoms with Crippen LogP contribution in [0.15, 0.2) is 77.9 Å². The highest BCUT2D eigenvalue weighted by Crippen LogP contribution is 2.33. The molecular weight excluding hydrogens is 530 g/mol. The molecule has 41 heavy (non-hydrogen) atoms. The maximum atomic E-state index is 14.0. The number of methoxy groups -OCH3 is 1. The Morgan fingerprint density at radius 2 is 1.73 bits per heavy atom. The van der Waals surface area contributed by atoms with E-state index in [1.165, 1.54) is 46.3 Å². The van der Waals surface area contributed by atoms with Crippen LogP contribution in [0, 0.1) is 11.6 Å². The highest BCUT2D eigenvalue weighted by Gasteiger charge is 2.34. The van der Waals surface area contributed by atoms with Gasteiger partial charge in [-0.2, -0.15) is 5.10 Å². The second kappa shape index (κ2) is 13.0. The molecule has 2 aliphatic heterocycles. The van der Waals surface area contributed by atoms with Gasteiger partial charge in [0, 0.05) is 38.2 Å². The van der Waals surface area contributed by atoms with Crippen LogP contribution in [0.3, 0.4) is 0 Å². The first kappa shape index (κ1) is 28.4. The van der Waals surface area contributed by atoms with Crippen LogP contribution in [0.4, 0.5) is 8.78 Å². The topological polar surface area (TPSA) is 74.7 Å². The van der Waals surface area contributed by atoms with E-state index in [1.54, 1.807) is 19.2 Å². The number of hydrogen-bond donors (Lipinski definition) is 0. The van der Waals surface area contributed by atoms with Crippen molar-refractivity contribution in [2.24, 2.45) is 5.10 Å². The highest BCUT2D eigenvalue weighted by atomic mass is 19.1. The maximum absolute atomic E-state index is 14.0. The van der Waals surface area contributed by atoms with E-state index >= 15 is 0 Å². The monoisotopic (exact) mass is 562 g/mol. The standard InChI is InChI=1S/C31H32F2N4O4/c1-40-27-11-7-22(8-12-27)28-20-29(23-5-9-25(32)10-6-23)37(34-28)30(38)21-36(14-13-35-15-17-41-18-16-35)31(39)24-3-2-4-26(33)19-24/h2-12,19,29H,13-18,20-21H2,1H3/t29-/m1/s1. The van der Waals surface area contributed by atoms with Crippen LogP contribution in [0.1, 0.15) is 33.9 Å². The lowest BCUT2D eigenvalue weighted by atomic mass is 9.98. The van der Waals surface area contributed by atoms with Crippen molar-refractivity contribution in [1.82, 2.24) is 14.8 Å². The number of morpholine rings is 1. The van der Waals surface area contributed by atoms with Crippen LogP contribution in [0.25, 0.3) is 0 Å². The molecule has 0 bridgehead atoms. The SMILES string of the molecule is COc1ccc(C2=NN(C(=O)CN(CCN3CCOCC3)C(=O)c3cccc(F)c3)[C@@H](c3ccc(F)cc3)C2)cc1. The summed E-state index contributed by atoms with van der Waals surface area (Å²) in [5.74, 6) is -1.05. The molecule has 0 aliphatic carbocycles. The van der Waals surface area contributed by atoms with E-state index in [4.69, 9.17) is 9.47 Å². The van der Waals surface area contributed by atoms with Gasteiger partial charge in [0.1, 0.15) is 23.9 Å². The minimum absolute atomic E-state index is 0.165. The molecule has 0 aromatic heterocycles. The third-order valence-electron chi connectivity index (χ3n) is 7.32. The molecule has 3 aromatic rings. The van der Waals surface area contributed by atoms with E-state index in [2.05, 4.69) is 10.0 Å². The van der Waals surface area contributed by atoms with Crippen molar-refractivity contribution >= 4 is 17.5 Å². The zero-order valence-corrected chi connectivity index (χ0v) is 22.8. The summed E-state index contributed by atoms with van der Waals surface area (Å²) in [6, 6.07) is 18.3. The van der Waals surface area contributed by atoms with Crippen molar-refractivity contribution in [3.05, 3.63) is 101 Å².